The van der Waals surface area contributed by atoms with Gasteiger partial charge in [-0.25, -0.2) is 0 Å². The van der Waals surface area contributed by atoms with Gasteiger partial charge in [0, 0.05) is 23.0 Å². The number of aryl methyl sites for hydroxylation is 1. The third-order valence-electron chi connectivity index (χ3n) is 4.01. The van der Waals surface area contributed by atoms with E-state index >= 15 is 0 Å². The summed E-state index contributed by atoms with van der Waals surface area (Å²) in [4.78, 5) is 0. The minimum absolute atomic E-state index is 0.160. The summed E-state index contributed by atoms with van der Waals surface area (Å²) < 4.78 is 0. The molecular weight excluding hydrogens is 234 g/mol. The SMILES string of the molecule is Cc1cc2c(cc1-c1ccn[nH]1)NC(C)(C)CC2C. The molecule has 100 valence electrons. The zero-order chi connectivity index (χ0) is 13.6. The minimum atomic E-state index is 0.160. The molecule has 1 aliphatic heterocycles. The predicted molar refractivity (Wildman–Crippen MR) is 79.5 cm³/mol. The maximum atomic E-state index is 4.05. The molecule has 1 atom stereocenters. The van der Waals surface area contributed by atoms with Gasteiger partial charge in [-0.05, 0) is 56.4 Å². The van der Waals surface area contributed by atoms with Crippen LogP contribution in [0.3, 0.4) is 0 Å². The lowest BCUT2D eigenvalue weighted by Gasteiger charge is -2.38. The van der Waals surface area contributed by atoms with E-state index in [2.05, 4.69) is 55.3 Å². The highest BCUT2D eigenvalue weighted by molar-refractivity contribution is 5.72. The number of benzene rings is 1. The molecule has 1 unspecified atom stereocenters. The Hall–Kier alpha value is -1.77. The highest BCUT2D eigenvalue weighted by Gasteiger charge is 2.29. The molecule has 2 aromatic rings. The van der Waals surface area contributed by atoms with Crippen LogP contribution < -0.4 is 5.32 Å². The summed E-state index contributed by atoms with van der Waals surface area (Å²) in [6, 6.07) is 6.60. The summed E-state index contributed by atoms with van der Waals surface area (Å²) in [5, 5.41) is 10.8. The molecule has 0 saturated carbocycles. The van der Waals surface area contributed by atoms with Crippen molar-refractivity contribution in [3.63, 3.8) is 0 Å². The molecule has 3 rings (SSSR count). The van der Waals surface area contributed by atoms with E-state index in [4.69, 9.17) is 0 Å². The number of anilines is 1. The standard InChI is InChI=1S/C16H21N3/c1-10-7-12-11(2)9-16(3,4)18-15(12)8-13(10)14-5-6-17-19-14/h5-8,11,18H,9H2,1-4H3,(H,17,19). The van der Waals surface area contributed by atoms with Crippen LogP contribution in [0.4, 0.5) is 5.69 Å². The Bertz CT molecular complexity index is 597. The van der Waals surface area contributed by atoms with Gasteiger partial charge < -0.3 is 5.32 Å². The van der Waals surface area contributed by atoms with Gasteiger partial charge in [0.25, 0.3) is 0 Å². The first-order valence-electron chi connectivity index (χ1n) is 6.89. The summed E-state index contributed by atoms with van der Waals surface area (Å²) in [6.07, 6.45) is 2.97. The summed E-state index contributed by atoms with van der Waals surface area (Å²) >= 11 is 0. The molecule has 0 bridgehead atoms. The van der Waals surface area contributed by atoms with E-state index in [0.717, 1.165) is 5.69 Å². The Labute approximate surface area is 114 Å². The molecular formula is C16H21N3. The lowest BCUT2D eigenvalue weighted by Crippen LogP contribution is -2.36. The summed E-state index contributed by atoms with van der Waals surface area (Å²) in [7, 11) is 0. The van der Waals surface area contributed by atoms with Crippen molar-refractivity contribution in [3.8, 4) is 11.3 Å². The van der Waals surface area contributed by atoms with E-state index in [1.54, 1.807) is 6.20 Å². The highest BCUT2D eigenvalue weighted by Crippen LogP contribution is 2.41. The number of aromatic nitrogens is 2. The number of hydrogen-bond donors (Lipinski definition) is 2. The Morgan fingerprint density at radius 2 is 2.11 bits per heavy atom. The zero-order valence-corrected chi connectivity index (χ0v) is 12.0. The smallest absolute Gasteiger partial charge is 0.0653 e. The second-order valence-electron chi connectivity index (χ2n) is 6.34. The van der Waals surface area contributed by atoms with Crippen LogP contribution >= 0.6 is 0 Å². The van der Waals surface area contributed by atoms with Gasteiger partial charge >= 0.3 is 0 Å². The number of rotatable bonds is 1. The van der Waals surface area contributed by atoms with Crippen molar-refractivity contribution in [2.24, 2.45) is 0 Å². The molecule has 19 heavy (non-hydrogen) atoms. The third kappa shape index (κ3) is 2.14. The topological polar surface area (TPSA) is 40.7 Å². The Morgan fingerprint density at radius 3 is 2.79 bits per heavy atom. The third-order valence-corrected chi connectivity index (χ3v) is 4.01. The average molecular weight is 255 g/mol. The van der Waals surface area contributed by atoms with Crippen molar-refractivity contribution in [2.75, 3.05) is 5.32 Å². The second-order valence-corrected chi connectivity index (χ2v) is 6.34. The van der Waals surface area contributed by atoms with E-state index in [1.165, 1.54) is 28.8 Å². The van der Waals surface area contributed by atoms with Crippen LogP contribution in [-0.4, -0.2) is 15.7 Å². The van der Waals surface area contributed by atoms with Gasteiger partial charge in [-0.1, -0.05) is 13.0 Å². The van der Waals surface area contributed by atoms with Gasteiger partial charge in [-0.2, -0.15) is 5.10 Å². The van der Waals surface area contributed by atoms with Gasteiger partial charge in [0.05, 0.1) is 5.69 Å². The van der Waals surface area contributed by atoms with Gasteiger partial charge in [-0.3, -0.25) is 5.10 Å². The van der Waals surface area contributed by atoms with Gasteiger partial charge in [-0.15, -0.1) is 0 Å². The van der Waals surface area contributed by atoms with Crippen molar-refractivity contribution in [1.29, 1.82) is 0 Å². The molecule has 2 N–H and O–H groups in total. The quantitative estimate of drug-likeness (QED) is 0.806. The number of fused-ring (bicyclic) bond motifs is 1. The normalized spacial score (nSPS) is 20.7. The molecule has 2 heterocycles. The first-order valence-corrected chi connectivity index (χ1v) is 6.89. The van der Waals surface area contributed by atoms with Crippen molar-refractivity contribution in [1.82, 2.24) is 10.2 Å². The molecule has 3 nitrogen and oxygen atoms in total. The number of nitrogens with zero attached hydrogens (tertiary/aromatic N) is 1. The lowest BCUT2D eigenvalue weighted by molar-refractivity contribution is 0.454. The largest absolute Gasteiger partial charge is 0.380 e. The van der Waals surface area contributed by atoms with Crippen LogP contribution in [0.2, 0.25) is 0 Å². The molecule has 0 amide bonds. The molecule has 3 heteroatoms. The fourth-order valence-corrected chi connectivity index (χ4v) is 3.23. The monoisotopic (exact) mass is 255 g/mol. The highest BCUT2D eigenvalue weighted by atomic mass is 15.1. The van der Waals surface area contributed by atoms with Crippen LogP contribution in [0, 0.1) is 6.92 Å². The van der Waals surface area contributed by atoms with Crippen LogP contribution in [0.5, 0.6) is 0 Å². The Balaban J connectivity index is 2.13. The van der Waals surface area contributed by atoms with Gasteiger partial charge in [0.15, 0.2) is 0 Å². The number of hydrogen-bond acceptors (Lipinski definition) is 2. The Kier molecular flexibility index (Phi) is 2.66. The fourth-order valence-electron chi connectivity index (χ4n) is 3.23. The van der Waals surface area contributed by atoms with Crippen molar-refractivity contribution in [2.45, 2.75) is 45.6 Å². The molecule has 0 aliphatic carbocycles. The summed E-state index contributed by atoms with van der Waals surface area (Å²) in [6.45, 7) is 9.02. The van der Waals surface area contributed by atoms with E-state index in [1.807, 2.05) is 6.07 Å². The maximum Gasteiger partial charge on any atom is 0.0653 e. The molecule has 0 fully saturated rings. The van der Waals surface area contributed by atoms with Crippen LogP contribution in [0.25, 0.3) is 11.3 Å². The number of aromatic amines is 1. The molecule has 0 spiro atoms. The van der Waals surface area contributed by atoms with E-state index in [-0.39, 0.29) is 5.54 Å². The van der Waals surface area contributed by atoms with Crippen molar-refractivity contribution >= 4 is 5.69 Å². The van der Waals surface area contributed by atoms with E-state index < -0.39 is 0 Å². The van der Waals surface area contributed by atoms with Crippen LogP contribution in [0.1, 0.15) is 44.2 Å². The number of H-pyrrole nitrogens is 1. The van der Waals surface area contributed by atoms with Gasteiger partial charge in [0.2, 0.25) is 0 Å². The fraction of sp³-hybridized carbons (Fsp3) is 0.438. The van der Waals surface area contributed by atoms with Crippen molar-refractivity contribution < 1.29 is 0 Å². The van der Waals surface area contributed by atoms with E-state index in [9.17, 15) is 0 Å². The molecule has 1 aromatic carbocycles. The maximum absolute atomic E-state index is 4.05. The first-order chi connectivity index (χ1) is 8.96. The average Bonchev–Trinajstić information content (AvgIpc) is 2.82. The molecule has 0 radical (unpaired) electrons. The summed E-state index contributed by atoms with van der Waals surface area (Å²) in [5.41, 5.74) is 6.47. The summed E-state index contributed by atoms with van der Waals surface area (Å²) in [5.74, 6) is 0.598. The lowest BCUT2D eigenvalue weighted by atomic mass is 9.80. The number of nitrogens with one attached hydrogen (secondary N) is 2. The van der Waals surface area contributed by atoms with Crippen molar-refractivity contribution in [3.05, 3.63) is 35.5 Å². The second kappa shape index (κ2) is 4.12. The molecule has 1 aliphatic rings. The van der Waals surface area contributed by atoms with E-state index in [0.29, 0.717) is 5.92 Å². The van der Waals surface area contributed by atoms with Crippen LogP contribution in [0.15, 0.2) is 24.4 Å². The molecule has 0 saturated heterocycles. The zero-order valence-electron chi connectivity index (χ0n) is 12.0. The first kappa shape index (κ1) is 12.3. The van der Waals surface area contributed by atoms with Gasteiger partial charge in [0.1, 0.15) is 0 Å². The minimum Gasteiger partial charge on any atom is -0.380 e. The van der Waals surface area contributed by atoms with Crippen LogP contribution in [-0.2, 0) is 0 Å². The predicted octanol–water partition coefficient (Wildman–Crippen LogP) is 4.08. The molecule has 1 aromatic heterocycles. The Morgan fingerprint density at radius 1 is 1.32 bits per heavy atom.